The van der Waals surface area contributed by atoms with Crippen LogP contribution in [0.15, 0.2) is 24.3 Å². The summed E-state index contributed by atoms with van der Waals surface area (Å²) in [6.07, 6.45) is 1.28. The molecule has 2 aliphatic heterocycles. The number of rotatable bonds is 2. The summed E-state index contributed by atoms with van der Waals surface area (Å²) in [6.45, 7) is 4.63. The second-order valence-corrected chi connectivity index (χ2v) is 7.00. The smallest absolute Gasteiger partial charge is 0.246 e. The maximum Gasteiger partial charge on any atom is 0.246 e. The number of fused-ring (bicyclic) bond motifs is 4. The van der Waals surface area contributed by atoms with Crippen molar-refractivity contribution in [1.29, 1.82) is 0 Å². The first-order chi connectivity index (χ1) is 11.0. The highest BCUT2D eigenvalue weighted by atomic mass is 16.2. The maximum atomic E-state index is 12.8. The lowest BCUT2D eigenvalue weighted by Gasteiger charge is -2.41. The van der Waals surface area contributed by atoms with Crippen molar-refractivity contribution < 1.29 is 9.59 Å². The van der Waals surface area contributed by atoms with Crippen LogP contribution in [0.2, 0.25) is 0 Å². The molecule has 1 fully saturated rings. The lowest BCUT2D eigenvalue weighted by Crippen LogP contribution is -2.64. The number of benzene rings is 1. The van der Waals surface area contributed by atoms with Crippen molar-refractivity contribution in [2.24, 2.45) is 5.92 Å². The third kappa shape index (κ3) is 2.22. The molecule has 5 nitrogen and oxygen atoms in total. The summed E-state index contributed by atoms with van der Waals surface area (Å²) in [5, 5.41) is 4.09. The monoisotopic (exact) mass is 311 g/mol. The normalized spacial score (nSPS) is 23.9. The Morgan fingerprint density at radius 1 is 1.26 bits per heavy atom. The number of nitrogens with zero attached hydrogens (tertiary/aromatic N) is 1. The predicted octanol–water partition coefficient (Wildman–Crippen LogP) is 1.97. The van der Waals surface area contributed by atoms with Gasteiger partial charge in [-0.3, -0.25) is 9.59 Å². The van der Waals surface area contributed by atoms with E-state index >= 15 is 0 Å². The molecule has 2 N–H and O–H groups in total. The van der Waals surface area contributed by atoms with Gasteiger partial charge in [0.2, 0.25) is 11.8 Å². The second kappa shape index (κ2) is 5.11. The lowest BCUT2D eigenvalue weighted by atomic mass is 9.91. The van der Waals surface area contributed by atoms with Gasteiger partial charge in [-0.15, -0.1) is 0 Å². The molecule has 0 spiro atoms. The van der Waals surface area contributed by atoms with E-state index in [-0.39, 0.29) is 23.9 Å². The van der Waals surface area contributed by atoms with E-state index in [1.807, 2.05) is 18.2 Å². The fraction of sp³-hybridized carbons (Fsp3) is 0.444. The van der Waals surface area contributed by atoms with E-state index in [4.69, 9.17) is 0 Å². The molecular weight excluding hydrogens is 290 g/mol. The van der Waals surface area contributed by atoms with Crippen molar-refractivity contribution in [3.63, 3.8) is 0 Å². The molecule has 1 aromatic heterocycles. The van der Waals surface area contributed by atoms with Gasteiger partial charge in [0.1, 0.15) is 12.1 Å². The van der Waals surface area contributed by atoms with Crippen LogP contribution in [0, 0.1) is 5.92 Å². The molecule has 0 radical (unpaired) electrons. The lowest BCUT2D eigenvalue weighted by molar-refractivity contribution is -0.151. The van der Waals surface area contributed by atoms with Gasteiger partial charge < -0.3 is 15.2 Å². The van der Waals surface area contributed by atoms with Crippen LogP contribution in [0.4, 0.5) is 0 Å². The molecule has 4 rings (SSSR count). The predicted molar refractivity (Wildman–Crippen MR) is 87.7 cm³/mol. The zero-order valence-electron chi connectivity index (χ0n) is 13.4. The molecule has 5 heteroatoms. The Hall–Kier alpha value is -2.30. The SMILES string of the molecule is CC(C)C[C@@H]1NC(=O)[C@@H]2Cc3c([nH]c4ccccc34)CN2C1=O. The topological polar surface area (TPSA) is 65.2 Å². The van der Waals surface area contributed by atoms with Gasteiger partial charge in [0.05, 0.1) is 6.54 Å². The highest BCUT2D eigenvalue weighted by molar-refractivity contribution is 5.98. The van der Waals surface area contributed by atoms with E-state index in [1.165, 1.54) is 5.56 Å². The molecular formula is C18H21N3O2. The Morgan fingerprint density at radius 2 is 2.04 bits per heavy atom. The summed E-state index contributed by atoms with van der Waals surface area (Å²) in [4.78, 5) is 30.4. The molecule has 0 bridgehead atoms. The van der Waals surface area contributed by atoms with Gasteiger partial charge in [0.25, 0.3) is 0 Å². The number of para-hydroxylation sites is 1. The number of carbonyl (C=O) groups excluding carboxylic acids is 2. The standard InChI is InChI=1S/C18H21N3O2/c1-10(2)7-14-18(23)21-9-15-12(8-16(21)17(22)20-14)11-5-3-4-6-13(11)19-15/h3-6,10,14,16,19H,7-9H2,1-2H3,(H,20,22)/t14-,16-/m0/s1. The van der Waals surface area contributed by atoms with Crippen molar-refractivity contribution >= 4 is 22.7 Å². The summed E-state index contributed by atoms with van der Waals surface area (Å²) in [7, 11) is 0. The minimum atomic E-state index is -0.385. The van der Waals surface area contributed by atoms with E-state index in [0.717, 1.165) is 16.6 Å². The summed E-state index contributed by atoms with van der Waals surface area (Å²) in [5.74, 6) is 0.396. The first-order valence-corrected chi connectivity index (χ1v) is 8.24. The Balaban J connectivity index is 1.71. The third-order valence-electron chi connectivity index (χ3n) is 4.91. The number of aromatic nitrogens is 1. The zero-order valence-corrected chi connectivity index (χ0v) is 13.4. The Morgan fingerprint density at radius 3 is 2.83 bits per heavy atom. The van der Waals surface area contributed by atoms with Gasteiger partial charge in [-0.25, -0.2) is 0 Å². The van der Waals surface area contributed by atoms with Crippen molar-refractivity contribution in [2.45, 2.75) is 45.3 Å². The van der Waals surface area contributed by atoms with Gasteiger partial charge in [-0.05, 0) is 24.0 Å². The zero-order chi connectivity index (χ0) is 16.1. The fourth-order valence-corrected chi connectivity index (χ4v) is 3.83. The van der Waals surface area contributed by atoms with Gasteiger partial charge in [0.15, 0.2) is 0 Å². The van der Waals surface area contributed by atoms with Crippen LogP contribution in [-0.4, -0.2) is 33.8 Å². The van der Waals surface area contributed by atoms with E-state index < -0.39 is 0 Å². The number of H-pyrrole nitrogens is 1. The number of nitrogens with one attached hydrogen (secondary N) is 2. The quantitative estimate of drug-likeness (QED) is 0.890. The molecule has 2 aromatic rings. The molecule has 2 aliphatic rings. The number of hydrogen-bond acceptors (Lipinski definition) is 2. The van der Waals surface area contributed by atoms with Gasteiger partial charge in [-0.1, -0.05) is 32.0 Å². The Kier molecular flexibility index (Phi) is 3.18. The summed E-state index contributed by atoms with van der Waals surface area (Å²) < 4.78 is 0. The molecule has 2 atom stereocenters. The Labute approximate surface area is 135 Å². The van der Waals surface area contributed by atoms with Crippen molar-refractivity contribution in [3.8, 4) is 0 Å². The molecule has 120 valence electrons. The Bertz CT molecular complexity index is 793. The highest BCUT2D eigenvalue weighted by Gasteiger charge is 2.43. The van der Waals surface area contributed by atoms with Gasteiger partial charge in [0, 0.05) is 23.0 Å². The minimum absolute atomic E-state index is 0.0221. The molecule has 0 saturated carbocycles. The third-order valence-corrected chi connectivity index (χ3v) is 4.91. The van der Waals surface area contributed by atoms with Crippen molar-refractivity contribution in [3.05, 3.63) is 35.5 Å². The van der Waals surface area contributed by atoms with Crippen LogP contribution >= 0.6 is 0 Å². The van der Waals surface area contributed by atoms with Crippen LogP contribution in [0.5, 0.6) is 0 Å². The van der Waals surface area contributed by atoms with E-state index in [0.29, 0.717) is 25.3 Å². The molecule has 0 unspecified atom stereocenters. The highest BCUT2D eigenvalue weighted by Crippen LogP contribution is 2.32. The minimum Gasteiger partial charge on any atom is -0.357 e. The molecule has 2 amide bonds. The van der Waals surface area contributed by atoms with Gasteiger partial charge >= 0.3 is 0 Å². The number of aromatic amines is 1. The molecule has 0 aliphatic carbocycles. The molecule has 3 heterocycles. The van der Waals surface area contributed by atoms with Gasteiger partial charge in [-0.2, -0.15) is 0 Å². The molecule has 23 heavy (non-hydrogen) atoms. The van der Waals surface area contributed by atoms with Crippen LogP contribution in [-0.2, 0) is 22.6 Å². The van der Waals surface area contributed by atoms with Crippen LogP contribution in [0.25, 0.3) is 10.9 Å². The average Bonchev–Trinajstić information content (AvgIpc) is 2.88. The van der Waals surface area contributed by atoms with E-state index in [2.05, 4.69) is 30.2 Å². The number of hydrogen-bond donors (Lipinski definition) is 2. The van der Waals surface area contributed by atoms with Crippen LogP contribution < -0.4 is 5.32 Å². The first-order valence-electron chi connectivity index (χ1n) is 8.24. The van der Waals surface area contributed by atoms with Crippen LogP contribution in [0.1, 0.15) is 31.5 Å². The summed E-state index contributed by atoms with van der Waals surface area (Å²) in [6, 6.07) is 7.35. The second-order valence-electron chi connectivity index (χ2n) is 7.00. The van der Waals surface area contributed by atoms with Crippen molar-refractivity contribution in [2.75, 3.05) is 0 Å². The van der Waals surface area contributed by atoms with Crippen molar-refractivity contribution in [1.82, 2.24) is 15.2 Å². The maximum absolute atomic E-state index is 12.8. The van der Waals surface area contributed by atoms with Crippen LogP contribution in [0.3, 0.4) is 0 Å². The number of piperazine rings is 1. The first kappa shape index (κ1) is 14.3. The molecule has 1 aromatic carbocycles. The summed E-state index contributed by atoms with van der Waals surface area (Å²) >= 11 is 0. The van der Waals surface area contributed by atoms with E-state index in [1.54, 1.807) is 4.90 Å². The fourth-order valence-electron chi connectivity index (χ4n) is 3.83. The molecule has 1 saturated heterocycles. The van der Waals surface area contributed by atoms with E-state index in [9.17, 15) is 9.59 Å². The summed E-state index contributed by atoms with van der Waals surface area (Å²) in [5.41, 5.74) is 3.31. The average molecular weight is 311 g/mol. The largest absolute Gasteiger partial charge is 0.357 e. The number of amides is 2. The number of carbonyl (C=O) groups is 2.